The van der Waals surface area contributed by atoms with Crippen LogP contribution < -0.4 is 0 Å². The van der Waals surface area contributed by atoms with Crippen molar-refractivity contribution in [3.8, 4) is 5.75 Å². The Kier molecular flexibility index (Phi) is 5.69. The summed E-state index contributed by atoms with van der Waals surface area (Å²) in [6.45, 7) is 9.27. The van der Waals surface area contributed by atoms with Crippen LogP contribution in [0.4, 0.5) is 0 Å². The smallest absolute Gasteiger partial charge is 0.243 e. The van der Waals surface area contributed by atoms with Crippen LogP contribution in [0.25, 0.3) is 11.1 Å². The van der Waals surface area contributed by atoms with Gasteiger partial charge in [0, 0.05) is 13.0 Å². The van der Waals surface area contributed by atoms with E-state index in [1.165, 1.54) is 6.92 Å². The van der Waals surface area contributed by atoms with Crippen LogP contribution in [0.3, 0.4) is 0 Å². The molecule has 0 fully saturated rings. The molecule has 0 amide bonds. The summed E-state index contributed by atoms with van der Waals surface area (Å²) in [5, 5.41) is 19.4. The van der Waals surface area contributed by atoms with E-state index in [0.29, 0.717) is 5.75 Å². The highest BCUT2D eigenvalue weighted by Crippen LogP contribution is 2.41. The number of aromatic hydroxyl groups is 1. The number of rotatable bonds is 3. The molecule has 4 heteroatoms. The fraction of sp³-hybridized carbons (Fsp3) is 0.0476. The highest BCUT2D eigenvalue weighted by atomic mass is 16.6. The minimum atomic E-state index is -0.399. The van der Waals surface area contributed by atoms with Gasteiger partial charge in [0.15, 0.2) is 0 Å². The van der Waals surface area contributed by atoms with Gasteiger partial charge in [0.2, 0.25) is 5.70 Å². The zero-order valence-electron chi connectivity index (χ0n) is 14.0. The molecule has 0 aliphatic heterocycles. The molecule has 4 nitrogen and oxygen atoms in total. The molecule has 2 aromatic rings. The van der Waals surface area contributed by atoms with Crippen molar-refractivity contribution < 1.29 is 10.0 Å². The Hall–Kier alpha value is -3.40. The molecule has 0 bridgehead atoms. The third-order valence-electron chi connectivity index (χ3n) is 3.76. The number of nitrogens with zero attached hydrogens (tertiary/aromatic N) is 1. The Bertz CT molecular complexity index is 877. The monoisotopic (exact) mass is 333 g/mol. The fourth-order valence-electron chi connectivity index (χ4n) is 2.51. The Labute approximate surface area is 146 Å². The second kappa shape index (κ2) is 7.93. The molecule has 2 aromatic carbocycles. The molecule has 1 N–H and O–H groups in total. The summed E-state index contributed by atoms with van der Waals surface area (Å²) < 4.78 is 0. The summed E-state index contributed by atoms with van der Waals surface area (Å²) in [6.07, 6.45) is 3.27. The van der Waals surface area contributed by atoms with Gasteiger partial charge in [-0.25, -0.2) is 0 Å². The van der Waals surface area contributed by atoms with Crippen LogP contribution in [0.2, 0.25) is 0 Å². The second-order valence-electron chi connectivity index (χ2n) is 5.43. The van der Waals surface area contributed by atoms with Crippen molar-refractivity contribution in [2.24, 2.45) is 0 Å². The van der Waals surface area contributed by atoms with Gasteiger partial charge >= 0.3 is 0 Å². The Morgan fingerprint density at radius 1 is 1.04 bits per heavy atom. The molecule has 0 heterocycles. The summed E-state index contributed by atoms with van der Waals surface area (Å²) in [4.78, 5) is 10.3. The van der Waals surface area contributed by atoms with Crippen molar-refractivity contribution in [1.82, 2.24) is 0 Å². The van der Waals surface area contributed by atoms with Crippen LogP contribution >= 0.6 is 0 Å². The molecular weight excluding hydrogens is 314 g/mol. The normalized spacial score (nSPS) is 13.0. The summed E-state index contributed by atoms with van der Waals surface area (Å²) in [5.74, 6) is 0.322. The standard InChI is InChI=1S/C15H13NO2.C6H6O/c1-4-12-14-8-6-5-7-13(14)11(3)15(12)9-10(2)16(17)18;7-6-4-2-1-3-5-6/h4-9H,1,3H2,2H3;1-5,7H/b10-9+;. The number of hydrogen-bond donors (Lipinski definition) is 1. The molecule has 3 rings (SSSR count). The van der Waals surface area contributed by atoms with E-state index in [4.69, 9.17) is 5.11 Å². The third-order valence-corrected chi connectivity index (χ3v) is 3.76. The number of hydrogen-bond acceptors (Lipinski definition) is 3. The van der Waals surface area contributed by atoms with Crippen LogP contribution in [-0.2, 0) is 0 Å². The van der Waals surface area contributed by atoms with Crippen molar-refractivity contribution in [2.45, 2.75) is 6.92 Å². The van der Waals surface area contributed by atoms with Crippen molar-refractivity contribution >= 4 is 11.1 Å². The number of phenols is 1. The first kappa shape index (κ1) is 17.9. The van der Waals surface area contributed by atoms with E-state index in [1.54, 1.807) is 36.4 Å². The fourth-order valence-corrected chi connectivity index (χ4v) is 2.51. The minimum Gasteiger partial charge on any atom is -0.508 e. The zero-order valence-corrected chi connectivity index (χ0v) is 14.0. The van der Waals surface area contributed by atoms with Gasteiger partial charge in [0.25, 0.3) is 0 Å². The number of nitro groups is 1. The lowest BCUT2D eigenvalue weighted by atomic mass is 10.0. The maximum Gasteiger partial charge on any atom is 0.243 e. The van der Waals surface area contributed by atoms with E-state index in [-0.39, 0.29) is 5.70 Å². The van der Waals surface area contributed by atoms with Gasteiger partial charge in [-0.1, -0.05) is 61.7 Å². The number of phenolic OH excluding ortho intramolecular Hbond substituents is 1. The molecule has 0 aromatic heterocycles. The van der Waals surface area contributed by atoms with E-state index in [9.17, 15) is 10.1 Å². The molecule has 0 radical (unpaired) electrons. The number of para-hydroxylation sites is 1. The van der Waals surface area contributed by atoms with E-state index < -0.39 is 4.92 Å². The Morgan fingerprint density at radius 2 is 1.60 bits per heavy atom. The van der Waals surface area contributed by atoms with Gasteiger partial charge in [-0.05, 0) is 40.0 Å². The van der Waals surface area contributed by atoms with Gasteiger partial charge < -0.3 is 5.11 Å². The van der Waals surface area contributed by atoms with Crippen molar-refractivity contribution in [1.29, 1.82) is 0 Å². The molecule has 1 aliphatic rings. The third kappa shape index (κ3) is 4.12. The predicted octanol–water partition coefficient (Wildman–Crippen LogP) is 5.23. The number of fused-ring (bicyclic) bond motifs is 1. The topological polar surface area (TPSA) is 63.4 Å². The highest BCUT2D eigenvalue weighted by molar-refractivity contribution is 6.03. The van der Waals surface area contributed by atoms with Gasteiger partial charge in [-0.15, -0.1) is 0 Å². The lowest BCUT2D eigenvalue weighted by Gasteiger charge is -1.99. The van der Waals surface area contributed by atoms with Gasteiger partial charge in [-0.2, -0.15) is 0 Å². The summed E-state index contributed by atoms with van der Waals surface area (Å²) in [7, 11) is 0. The molecule has 0 spiro atoms. The van der Waals surface area contributed by atoms with Gasteiger partial charge in [-0.3, -0.25) is 10.1 Å². The lowest BCUT2D eigenvalue weighted by Crippen LogP contribution is -1.94. The van der Waals surface area contributed by atoms with E-state index in [1.807, 2.05) is 30.3 Å². The summed E-state index contributed by atoms with van der Waals surface area (Å²) in [6, 6.07) is 16.5. The minimum absolute atomic E-state index is 0.0957. The lowest BCUT2D eigenvalue weighted by molar-refractivity contribution is -0.424. The van der Waals surface area contributed by atoms with Crippen LogP contribution in [0.5, 0.6) is 5.75 Å². The van der Waals surface area contributed by atoms with Crippen LogP contribution in [0.1, 0.15) is 18.1 Å². The van der Waals surface area contributed by atoms with Crippen LogP contribution in [-0.4, -0.2) is 10.0 Å². The SMILES string of the molecule is C=CC1=C(/C=C(\C)[N+](=O)[O-])C(=C)c2ccccc21.Oc1ccccc1. The molecule has 0 saturated heterocycles. The molecule has 1 aliphatic carbocycles. The van der Waals surface area contributed by atoms with Crippen molar-refractivity contribution in [2.75, 3.05) is 0 Å². The molecular formula is C21H19NO3. The molecule has 0 unspecified atom stereocenters. The molecule has 0 atom stereocenters. The first-order valence-corrected chi connectivity index (χ1v) is 7.68. The molecule has 25 heavy (non-hydrogen) atoms. The molecule has 0 saturated carbocycles. The average molecular weight is 333 g/mol. The van der Waals surface area contributed by atoms with Crippen molar-refractivity contribution in [3.63, 3.8) is 0 Å². The van der Waals surface area contributed by atoms with Gasteiger partial charge in [0.1, 0.15) is 5.75 Å². The number of benzene rings is 2. The van der Waals surface area contributed by atoms with E-state index >= 15 is 0 Å². The Morgan fingerprint density at radius 3 is 2.08 bits per heavy atom. The number of allylic oxidation sites excluding steroid dienone is 6. The van der Waals surface area contributed by atoms with Crippen LogP contribution in [0, 0.1) is 10.1 Å². The quantitative estimate of drug-likeness (QED) is 0.618. The predicted molar refractivity (Wildman–Crippen MR) is 101 cm³/mol. The zero-order chi connectivity index (χ0) is 18.4. The maximum atomic E-state index is 10.7. The van der Waals surface area contributed by atoms with Gasteiger partial charge in [0.05, 0.1) is 4.92 Å². The van der Waals surface area contributed by atoms with E-state index in [2.05, 4.69) is 13.2 Å². The maximum absolute atomic E-state index is 10.7. The Balaban J connectivity index is 0.000000269. The summed E-state index contributed by atoms with van der Waals surface area (Å²) in [5.41, 5.74) is 4.62. The first-order valence-electron chi connectivity index (χ1n) is 7.68. The first-order chi connectivity index (χ1) is 12.0. The van der Waals surface area contributed by atoms with Crippen molar-refractivity contribution in [3.05, 3.63) is 112 Å². The van der Waals surface area contributed by atoms with E-state index in [0.717, 1.165) is 27.8 Å². The average Bonchev–Trinajstić information content (AvgIpc) is 2.88. The molecule has 126 valence electrons. The second-order valence-corrected chi connectivity index (χ2v) is 5.43. The highest BCUT2D eigenvalue weighted by Gasteiger charge is 2.22. The summed E-state index contributed by atoms with van der Waals surface area (Å²) >= 11 is 0. The largest absolute Gasteiger partial charge is 0.508 e. The van der Waals surface area contributed by atoms with Crippen LogP contribution in [0.15, 0.2) is 91.2 Å².